The molecule has 3 aromatic carbocycles. The van der Waals surface area contributed by atoms with E-state index in [1.807, 2.05) is 12.4 Å². The lowest BCUT2D eigenvalue weighted by atomic mass is 9.86. The Labute approximate surface area is 183 Å². The van der Waals surface area contributed by atoms with Crippen LogP contribution in [0.4, 0.5) is 0 Å². The molecule has 2 aromatic heterocycles. The van der Waals surface area contributed by atoms with Crippen molar-refractivity contribution >= 4 is 21.8 Å². The van der Waals surface area contributed by atoms with Crippen LogP contribution in [0.1, 0.15) is 31.9 Å². The quantitative estimate of drug-likeness (QED) is 0.282. The standard InChI is InChI=1S/C29H26N2/c1-19-5-7-20(8-6-19)23-15-17-30-27-25(23)13-14-26-24(16-18-31-28(26)27)21-9-11-22(12-10-21)29(2,3)4/h5-18H,1-4H3. The molecule has 0 aliphatic rings. The maximum atomic E-state index is 4.74. The van der Waals surface area contributed by atoms with Crippen LogP contribution in [-0.4, -0.2) is 9.97 Å². The lowest BCUT2D eigenvalue weighted by Gasteiger charge is -2.19. The predicted molar refractivity (Wildman–Crippen MR) is 131 cm³/mol. The van der Waals surface area contributed by atoms with Gasteiger partial charge in [-0.25, -0.2) is 0 Å². The molecule has 0 atom stereocenters. The van der Waals surface area contributed by atoms with Gasteiger partial charge in [-0.15, -0.1) is 0 Å². The Morgan fingerprint density at radius 3 is 1.45 bits per heavy atom. The third kappa shape index (κ3) is 3.48. The van der Waals surface area contributed by atoms with Gasteiger partial charge in [-0.05, 0) is 52.3 Å². The molecule has 152 valence electrons. The molecule has 0 radical (unpaired) electrons. The number of hydrogen-bond acceptors (Lipinski definition) is 2. The van der Waals surface area contributed by atoms with Crippen LogP contribution in [0.25, 0.3) is 44.1 Å². The SMILES string of the molecule is Cc1ccc(-c2ccnc3c2ccc2c(-c4ccc(C(C)(C)C)cc4)ccnc23)cc1. The normalized spacial score (nSPS) is 11.9. The highest BCUT2D eigenvalue weighted by Gasteiger charge is 2.15. The Morgan fingerprint density at radius 2 is 1.00 bits per heavy atom. The molecule has 0 amide bonds. The largest absolute Gasteiger partial charge is 0.254 e. The first-order chi connectivity index (χ1) is 14.9. The molecular formula is C29H26N2. The molecule has 0 spiro atoms. The minimum absolute atomic E-state index is 0.144. The second-order valence-corrected chi connectivity index (χ2v) is 9.27. The average molecular weight is 403 g/mol. The molecule has 0 unspecified atom stereocenters. The number of pyridine rings is 2. The molecule has 2 heteroatoms. The van der Waals surface area contributed by atoms with Gasteiger partial charge in [0.15, 0.2) is 0 Å². The smallest absolute Gasteiger partial charge is 0.0970 e. The van der Waals surface area contributed by atoms with Crippen molar-refractivity contribution in [2.24, 2.45) is 0 Å². The van der Waals surface area contributed by atoms with Crippen LogP contribution in [0.2, 0.25) is 0 Å². The van der Waals surface area contributed by atoms with E-state index in [2.05, 4.69) is 100 Å². The van der Waals surface area contributed by atoms with Crippen molar-refractivity contribution in [2.75, 3.05) is 0 Å². The van der Waals surface area contributed by atoms with E-state index in [0.717, 1.165) is 21.8 Å². The molecule has 0 aliphatic carbocycles. The summed E-state index contributed by atoms with van der Waals surface area (Å²) in [5.41, 5.74) is 9.42. The van der Waals surface area contributed by atoms with Crippen LogP contribution >= 0.6 is 0 Å². The molecule has 0 bridgehead atoms. The molecule has 0 aliphatic heterocycles. The number of rotatable bonds is 2. The van der Waals surface area contributed by atoms with E-state index in [-0.39, 0.29) is 5.41 Å². The fraction of sp³-hybridized carbons (Fsp3) is 0.172. The Hall–Kier alpha value is -3.52. The maximum absolute atomic E-state index is 4.74. The zero-order chi connectivity index (χ0) is 21.6. The van der Waals surface area contributed by atoms with E-state index in [1.54, 1.807) is 0 Å². The van der Waals surface area contributed by atoms with Crippen LogP contribution in [-0.2, 0) is 5.41 Å². The molecule has 0 saturated carbocycles. The van der Waals surface area contributed by atoms with Gasteiger partial charge < -0.3 is 0 Å². The van der Waals surface area contributed by atoms with Gasteiger partial charge in [-0.3, -0.25) is 9.97 Å². The van der Waals surface area contributed by atoms with E-state index >= 15 is 0 Å². The van der Waals surface area contributed by atoms with Crippen molar-refractivity contribution in [3.8, 4) is 22.3 Å². The van der Waals surface area contributed by atoms with E-state index < -0.39 is 0 Å². The Morgan fingerprint density at radius 1 is 0.548 bits per heavy atom. The number of fused-ring (bicyclic) bond motifs is 3. The Balaban J connectivity index is 1.69. The highest BCUT2D eigenvalue weighted by atomic mass is 14.7. The predicted octanol–water partition coefficient (Wildman–Crippen LogP) is 7.72. The van der Waals surface area contributed by atoms with Crippen LogP contribution in [0.15, 0.2) is 85.2 Å². The lowest BCUT2D eigenvalue weighted by Crippen LogP contribution is -2.10. The molecular weight excluding hydrogens is 376 g/mol. The number of nitrogens with zero attached hydrogens (tertiary/aromatic N) is 2. The number of aromatic nitrogens is 2. The van der Waals surface area contributed by atoms with Crippen LogP contribution in [0.5, 0.6) is 0 Å². The first-order valence-corrected chi connectivity index (χ1v) is 10.8. The van der Waals surface area contributed by atoms with Gasteiger partial charge in [0.25, 0.3) is 0 Å². The Kier molecular flexibility index (Phi) is 4.59. The van der Waals surface area contributed by atoms with Gasteiger partial charge in [-0.2, -0.15) is 0 Å². The fourth-order valence-electron chi connectivity index (χ4n) is 4.21. The number of benzene rings is 3. The summed E-state index contributed by atoms with van der Waals surface area (Å²) in [5, 5.41) is 2.26. The van der Waals surface area contributed by atoms with E-state index in [9.17, 15) is 0 Å². The van der Waals surface area contributed by atoms with Gasteiger partial charge in [0.05, 0.1) is 11.0 Å². The minimum atomic E-state index is 0.144. The summed E-state index contributed by atoms with van der Waals surface area (Å²) in [6.45, 7) is 8.84. The summed E-state index contributed by atoms with van der Waals surface area (Å²) >= 11 is 0. The van der Waals surface area contributed by atoms with Gasteiger partial charge >= 0.3 is 0 Å². The van der Waals surface area contributed by atoms with E-state index in [1.165, 1.54) is 33.4 Å². The highest BCUT2D eigenvalue weighted by Crippen LogP contribution is 2.35. The monoisotopic (exact) mass is 402 g/mol. The molecule has 5 rings (SSSR count). The highest BCUT2D eigenvalue weighted by molar-refractivity contribution is 6.11. The summed E-state index contributed by atoms with van der Waals surface area (Å²) in [7, 11) is 0. The second-order valence-electron chi connectivity index (χ2n) is 9.27. The van der Waals surface area contributed by atoms with Crippen molar-refractivity contribution in [1.82, 2.24) is 9.97 Å². The summed E-state index contributed by atoms with van der Waals surface area (Å²) < 4.78 is 0. The molecule has 5 aromatic rings. The van der Waals surface area contributed by atoms with Gasteiger partial charge in [0.1, 0.15) is 0 Å². The third-order valence-electron chi connectivity index (χ3n) is 6.05. The molecule has 2 heterocycles. The summed E-state index contributed by atoms with van der Waals surface area (Å²) in [4.78, 5) is 9.47. The van der Waals surface area contributed by atoms with Crippen LogP contribution in [0, 0.1) is 6.92 Å². The van der Waals surface area contributed by atoms with Crippen molar-refractivity contribution in [2.45, 2.75) is 33.1 Å². The first-order valence-electron chi connectivity index (χ1n) is 10.8. The molecule has 0 fully saturated rings. The zero-order valence-electron chi connectivity index (χ0n) is 18.5. The molecule has 31 heavy (non-hydrogen) atoms. The summed E-state index contributed by atoms with van der Waals surface area (Å²) in [5.74, 6) is 0. The number of hydrogen-bond donors (Lipinski definition) is 0. The van der Waals surface area contributed by atoms with Crippen molar-refractivity contribution in [3.63, 3.8) is 0 Å². The first kappa shape index (κ1) is 19.4. The number of aryl methyl sites for hydroxylation is 1. The van der Waals surface area contributed by atoms with Crippen molar-refractivity contribution in [3.05, 3.63) is 96.3 Å². The Bertz CT molecular complexity index is 1390. The van der Waals surface area contributed by atoms with E-state index in [0.29, 0.717) is 0 Å². The lowest BCUT2D eigenvalue weighted by molar-refractivity contribution is 0.590. The van der Waals surface area contributed by atoms with Gasteiger partial charge in [0.2, 0.25) is 0 Å². The van der Waals surface area contributed by atoms with Crippen LogP contribution < -0.4 is 0 Å². The summed E-state index contributed by atoms with van der Waals surface area (Å²) in [6, 6.07) is 26.1. The van der Waals surface area contributed by atoms with E-state index in [4.69, 9.17) is 9.97 Å². The zero-order valence-corrected chi connectivity index (χ0v) is 18.5. The second kappa shape index (κ2) is 7.31. The average Bonchev–Trinajstić information content (AvgIpc) is 2.78. The molecule has 2 nitrogen and oxygen atoms in total. The molecule has 0 saturated heterocycles. The molecule has 0 N–H and O–H groups in total. The van der Waals surface area contributed by atoms with Gasteiger partial charge in [0, 0.05) is 23.2 Å². The third-order valence-corrected chi connectivity index (χ3v) is 6.05. The van der Waals surface area contributed by atoms with Crippen molar-refractivity contribution < 1.29 is 0 Å². The maximum Gasteiger partial charge on any atom is 0.0970 e. The fourth-order valence-corrected chi connectivity index (χ4v) is 4.21. The summed E-state index contributed by atoms with van der Waals surface area (Å²) in [6.07, 6.45) is 3.79. The van der Waals surface area contributed by atoms with Crippen LogP contribution in [0.3, 0.4) is 0 Å². The van der Waals surface area contributed by atoms with Gasteiger partial charge in [-0.1, -0.05) is 87.0 Å². The topological polar surface area (TPSA) is 25.8 Å². The van der Waals surface area contributed by atoms with Crippen molar-refractivity contribution in [1.29, 1.82) is 0 Å². The minimum Gasteiger partial charge on any atom is -0.254 e.